The van der Waals surface area contributed by atoms with Gasteiger partial charge in [0.1, 0.15) is 17.1 Å². The second kappa shape index (κ2) is 12.2. The highest BCUT2D eigenvalue weighted by Gasteiger charge is 2.20. The number of nitrogens with zero attached hydrogens (tertiary/aromatic N) is 9. The van der Waals surface area contributed by atoms with Crippen molar-refractivity contribution in [2.75, 3.05) is 0 Å². The molecule has 0 fully saturated rings. The molecule has 0 atom stereocenters. The van der Waals surface area contributed by atoms with Crippen LogP contribution >= 0.6 is 0 Å². The van der Waals surface area contributed by atoms with E-state index >= 15 is 0 Å². The van der Waals surface area contributed by atoms with Gasteiger partial charge in [-0.25, -0.2) is 29.9 Å². The second-order valence-electron chi connectivity index (χ2n) is 12.3. The lowest BCUT2D eigenvalue weighted by atomic mass is 9.89. The minimum Gasteiger partial charge on any atom is -0.253 e. The molecule has 0 saturated carbocycles. The van der Waals surface area contributed by atoms with Gasteiger partial charge in [-0.3, -0.25) is 15.0 Å². The summed E-state index contributed by atoms with van der Waals surface area (Å²) in [5, 5.41) is 6.48. The molecule has 5 aromatic heterocycles. The van der Waals surface area contributed by atoms with Crippen molar-refractivity contribution in [3.8, 4) is 68.7 Å². The Labute approximate surface area is 297 Å². The summed E-state index contributed by atoms with van der Waals surface area (Å²) in [6, 6.07) is 44.2. The molecule has 10 aromatic rings. The molecule has 0 N–H and O–H groups in total. The predicted molar refractivity (Wildman–Crippen MR) is 203 cm³/mol. The van der Waals surface area contributed by atoms with Gasteiger partial charge in [0.2, 0.25) is 0 Å². The van der Waals surface area contributed by atoms with Crippen molar-refractivity contribution in [2.24, 2.45) is 0 Å². The average molecular weight is 668 g/mol. The summed E-state index contributed by atoms with van der Waals surface area (Å²) in [5.74, 6) is 3.17. The highest BCUT2D eigenvalue weighted by atomic mass is 15.1. The van der Waals surface area contributed by atoms with Crippen LogP contribution in [-0.4, -0.2) is 44.9 Å². The van der Waals surface area contributed by atoms with Crippen LogP contribution in [0.1, 0.15) is 0 Å². The van der Waals surface area contributed by atoms with Crippen molar-refractivity contribution < 1.29 is 0 Å². The van der Waals surface area contributed by atoms with Gasteiger partial charge >= 0.3 is 0 Å². The first-order chi connectivity index (χ1) is 25.8. The first-order valence-electron chi connectivity index (χ1n) is 16.8. The third-order valence-electron chi connectivity index (χ3n) is 9.13. The van der Waals surface area contributed by atoms with E-state index < -0.39 is 0 Å². The van der Waals surface area contributed by atoms with Crippen molar-refractivity contribution in [1.82, 2.24) is 44.9 Å². The molecule has 0 aliphatic heterocycles. The van der Waals surface area contributed by atoms with Gasteiger partial charge in [0.15, 0.2) is 34.9 Å². The van der Waals surface area contributed by atoms with Gasteiger partial charge in [0.25, 0.3) is 0 Å². The standard InChI is InChI=1S/C43H25N9/c1-2-10-28(11-3-1)38-47-39(49-41(48-38)33-12-4-7-23-44-33)31-21-17-26-16-20-30-32(22-18-27-15-19-29(31)36(26)37(27)30)40-50-42(34-13-5-8-24-45-34)52-43(51-40)35-14-6-9-25-46-35/h1-25H. The Morgan fingerprint density at radius 3 is 1.12 bits per heavy atom. The monoisotopic (exact) mass is 667 g/mol. The first-order valence-corrected chi connectivity index (χ1v) is 16.8. The Morgan fingerprint density at radius 2 is 0.673 bits per heavy atom. The Kier molecular flexibility index (Phi) is 6.92. The van der Waals surface area contributed by atoms with Crippen molar-refractivity contribution in [3.63, 3.8) is 0 Å². The third-order valence-corrected chi connectivity index (χ3v) is 9.13. The maximum atomic E-state index is 5.04. The van der Waals surface area contributed by atoms with Crippen LogP contribution in [-0.2, 0) is 0 Å². The van der Waals surface area contributed by atoms with E-state index in [9.17, 15) is 0 Å². The smallest absolute Gasteiger partial charge is 0.182 e. The zero-order valence-electron chi connectivity index (χ0n) is 27.5. The Balaban J connectivity index is 1.20. The number of hydrogen-bond donors (Lipinski definition) is 0. The minimum absolute atomic E-state index is 0.479. The summed E-state index contributed by atoms with van der Waals surface area (Å²) >= 11 is 0. The predicted octanol–water partition coefficient (Wildman–Crippen LogP) is 9.14. The van der Waals surface area contributed by atoms with Crippen LogP contribution in [0.5, 0.6) is 0 Å². The third kappa shape index (κ3) is 5.07. The summed E-state index contributed by atoms with van der Waals surface area (Å²) in [6.45, 7) is 0. The summed E-state index contributed by atoms with van der Waals surface area (Å²) in [5.41, 5.74) is 4.68. The minimum atomic E-state index is 0.479. The van der Waals surface area contributed by atoms with Gasteiger partial charge in [-0.2, -0.15) is 0 Å². The normalized spacial score (nSPS) is 11.5. The van der Waals surface area contributed by atoms with E-state index in [2.05, 4.69) is 63.5 Å². The number of benzene rings is 5. The van der Waals surface area contributed by atoms with Crippen LogP contribution in [0.2, 0.25) is 0 Å². The first kappa shape index (κ1) is 29.5. The zero-order valence-corrected chi connectivity index (χ0v) is 27.5. The van der Waals surface area contributed by atoms with Crippen molar-refractivity contribution >= 4 is 32.3 Å². The Bertz CT molecular complexity index is 2570. The molecule has 52 heavy (non-hydrogen) atoms. The summed E-state index contributed by atoms with van der Waals surface area (Å²) < 4.78 is 0. The average Bonchev–Trinajstić information content (AvgIpc) is 3.23. The molecule has 0 bridgehead atoms. The topological polar surface area (TPSA) is 116 Å². The van der Waals surface area contributed by atoms with E-state index in [0.29, 0.717) is 52.0 Å². The van der Waals surface area contributed by atoms with Gasteiger partial charge < -0.3 is 0 Å². The number of aromatic nitrogens is 9. The number of rotatable bonds is 6. The number of pyridine rings is 3. The van der Waals surface area contributed by atoms with Crippen LogP contribution in [0.3, 0.4) is 0 Å². The Morgan fingerprint density at radius 1 is 0.288 bits per heavy atom. The van der Waals surface area contributed by atoms with E-state index in [1.54, 1.807) is 18.6 Å². The van der Waals surface area contributed by atoms with Crippen molar-refractivity contribution in [1.29, 1.82) is 0 Å². The molecule has 0 spiro atoms. The molecule has 0 amide bonds. The van der Waals surface area contributed by atoms with Crippen LogP contribution in [0, 0.1) is 0 Å². The molecule has 10 rings (SSSR count). The SMILES string of the molecule is c1ccc(-c2nc(-c3ccccn3)nc(-c3ccc4ccc5c(-c6nc(-c7ccccn7)nc(-c7ccccn7)n6)ccc6ccc3c4c65)n2)cc1. The molecule has 9 nitrogen and oxygen atoms in total. The highest BCUT2D eigenvalue weighted by Crippen LogP contribution is 2.42. The lowest BCUT2D eigenvalue weighted by molar-refractivity contribution is 1.05. The fourth-order valence-corrected chi connectivity index (χ4v) is 6.73. The molecule has 242 valence electrons. The van der Waals surface area contributed by atoms with Crippen molar-refractivity contribution in [2.45, 2.75) is 0 Å². The highest BCUT2D eigenvalue weighted by molar-refractivity contribution is 6.27. The molecule has 0 saturated heterocycles. The van der Waals surface area contributed by atoms with Crippen LogP contribution in [0.25, 0.3) is 101 Å². The molecule has 9 heteroatoms. The zero-order chi connectivity index (χ0) is 34.4. The van der Waals surface area contributed by atoms with Gasteiger partial charge in [0, 0.05) is 35.3 Å². The van der Waals surface area contributed by atoms with E-state index in [-0.39, 0.29) is 0 Å². The van der Waals surface area contributed by atoms with Gasteiger partial charge in [0.05, 0.1) is 0 Å². The molecule has 5 aromatic carbocycles. The van der Waals surface area contributed by atoms with Crippen LogP contribution in [0.15, 0.2) is 152 Å². The van der Waals surface area contributed by atoms with Crippen molar-refractivity contribution in [3.05, 3.63) is 152 Å². The maximum absolute atomic E-state index is 5.04. The van der Waals surface area contributed by atoms with E-state index in [4.69, 9.17) is 29.9 Å². The molecular weight excluding hydrogens is 643 g/mol. The summed E-state index contributed by atoms with van der Waals surface area (Å²) in [6.07, 6.45) is 5.23. The van der Waals surface area contributed by atoms with Crippen LogP contribution in [0.4, 0.5) is 0 Å². The van der Waals surface area contributed by atoms with E-state index in [0.717, 1.165) is 49.0 Å². The quantitative estimate of drug-likeness (QED) is 0.160. The molecule has 0 radical (unpaired) electrons. The largest absolute Gasteiger partial charge is 0.253 e. The van der Waals surface area contributed by atoms with Gasteiger partial charge in [-0.05, 0) is 80.8 Å². The fourth-order valence-electron chi connectivity index (χ4n) is 6.73. The number of hydrogen-bond acceptors (Lipinski definition) is 9. The van der Waals surface area contributed by atoms with Crippen LogP contribution < -0.4 is 0 Å². The van der Waals surface area contributed by atoms with E-state index in [1.165, 1.54) is 0 Å². The second-order valence-corrected chi connectivity index (χ2v) is 12.3. The summed E-state index contributed by atoms with van der Waals surface area (Å²) in [7, 11) is 0. The lowest BCUT2D eigenvalue weighted by Crippen LogP contribution is -2.02. The van der Waals surface area contributed by atoms with Gasteiger partial charge in [-0.1, -0.05) is 84.9 Å². The molecule has 0 aliphatic rings. The molecule has 5 heterocycles. The molecular formula is C43H25N9. The van der Waals surface area contributed by atoms with Gasteiger partial charge in [-0.15, -0.1) is 0 Å². The Hall–Kier alpha value is -7.39. The van der Waals surface area contributed by atoms with E-state index in [1.807, 2.05) is 84.9 Å². The fraction of sp³-hybridized carbons (Fsp3) is 0. The maximum Gasteiger partial charge on any atom is 0.182 e. The summed E-state index contributed by atoms with van der Waals surface area (Å²) in [4.78, 5) is 43.3. The lowest BCUT2D eigenvalue weighted by Gasteiger charge is -2.16. The molecule has 0 aliphatic carbocycles. The molecule has 0 unspecified atom stereocenters.